The number of aromatic nitrogens is 2. The molecule has 7 heteroatoms. The van der Waals surface area contributed by atoms with Gasteiger partial charge in [0.2, 0.25) is 5.89 Å². The van der Waals surface area contributed by atoms with Crippen LogP contribution in [0.4, 0.5) is 0 Å². The zero-order valence-electron chi connectivity index (χ0n) is 14.2. The molecule has 0 atom stereocenters. The molecule has 2 heterocycles. The Morgan fingerprint density at radius 1 is 1.28 bits per heavy atom. The normalized spacial score (nSPS) is 16.3. The Kier molecular flexibility index (Phi) is 5.64. The number of benzene rings is 1. The minimum absolute atomic E-state index is 0.253. The van der Waals surface area contributed by atoms with Gasteiger partial charge in [-0.15, -0.1) is 0 Å². The van der Waals surface area contributed by atoms with E-state index in [9.17, 15) is 5.26 Å². The largest absolute Gasteiger partial charge is 0.497 e. The number of nitriles is 1. The molecule has 7 nitrogen and oxygen atoms in total. The number of nitrogens with zero attached hydrogens (tertiary/aromatic N) is 3. The minimum Gasteiger partial charge on any atom is -0.497 e. The molecule has 1 aromatic carbocycles. The Bertz CT molecular complexity index is 732. The van der Waals surface area contributed by atoms with E-state index in [-0.39, 0.29) is 6.61 Å². The maximum absolute atomic E-state index is 9.49. The number of hydrogen-bond acceptors (Lipinski definition) is 7. The lowest BCUT2D eigenvalue weighted by Crippen LogP contribution is -2.30. The fourth-order valence-electron chi connectivity index (χ4n) is 2.82. The molecule has 132 valence electrons. The molecule has 0 N–H and O–H groups in total. The van der Waals surface area contributed by atoms with Gasteiger partial charge in [0, 0.05) is 19.6 Å². The van der Waals surface area contributed by atoms with Crippen LogP contribution in [0.15, 0.2) is 28.8 Å². The fraction of sp³-hybridized carbons (Fsp3) is 0.500. The van der Waals surface area contributed by atoms with Crippen molar-refractivity contribution in [2.75, 3.05) is 20.3 Å². The molecule has 0 bridgehead atoms. The van der Waals surface area contributed by atoms with Crippen LogP contribution in [0.25, 0.3) is 0 Å². The first-order chi connectivity index (χ1) is 12.2. The Hall–Kier alpha value is -2.43. The van der Waals surface area contributed by atoms with Crippen LogP contribution in [0.2, 0.25) is 0 Å². The lowest BCUT2D eigenvalue weighted by molar-refractivity contribution is 0.0375. The van der Waals surface area contributed by atoms with Gasteiger partial charge < -0.3 is 18.7 Å². The van der Waals surface area contributed by atoms with Crippen LogP contribution in [0, 0.1) is 16.7 Å². The van der Waals surface area contributed by atoms with Gasteiger partial charge in [-0.2, -0.15) is 10.2 Å². The molecule has 1 aliphatic heterocycles. The third kappa shape index (κ3) is 4.56. The van der Waals surface area contributed by atoms with Crippen LogP contribution >= 0.6 is 0 Å². The summed E-state index contributed by atoms with van der Waals surface area (Å²) in [7, 11) is 1.63. The standard InChI is InChI=1S/C18H21N3O4/c1-22-15-4-2-3-14(9-15)11-24-12-16-20-17(25-21-16)10-18(13-19)5-7-23-8-6-18/h2-4,9H,5-8,10-12H2,1H3. The highest BCUT2D eigenvalue weighted by Crippen LogP contribution is 2.33. The van der Waals surface area contributed by atoms with Crippen molar-refractivity contribution >= 4 is 0 Å². The first-order valence-electron chi connectivity index (χ1n) is 8.24. The summed E-state index contributed by atoms with van der Waals surface area (Å²) in [5.74, 6) is 1.75. The Labute approximate surface area is 146 Å². The van der Waals surface area contributed by atoms with Crippen molar-refractivity contribution < 1.29 is 18.7 Å². The monoisotopic (exact) mass is 343 g/mol. The summed E-state index contributed by atoms with van der Waals surface area (Å²) in [6.07, 6.45) is 1.83. The van der Waals surface area contributed by atoms with Crippen molar-refractivity contribution in [2.45, 2.75) is 32.5 Å². The molecule has 1 fully saturated rings. The van der Waals surface area contributed by atoms with E-state index in [1.165, 1.54) is 0 Å². The highest BCUT2D eigenvalue weighted by Gasteiger charge is 2.35. The molecule has 0 radical (unpaired) electrons. The van der Waals surface area contributed by atoms with Crippen molar-refractivity contribution in [3.05, 3.63) is 41.5 Å². The zero-order valence-corrected chi connectivity index (χ0v) is 14.2. The second kappa shape index (κ2) is 8.10. The van der Waals surface area contributed by atoms with E-state index in [1.54, 1.807) is 7.11 Å². The second-order valence-corrected chi connectivity index (χ2v) is 6.13. The molecule has 0 saturated carbocycles. The molecule has 2 aromatic rings. The Morgan fingerprint density at radius 2 is 2.12 bits per heavy atom. The molecule has 1 aromatic heterocycles. The quantitative estimate of drug-likeness (QED) is 0.763. The summed E-state index contributed by atoms with van der Waals surface area (Å²) < 4.78 is 21.4. The molecule has 0 amide bonds. The van der Waals surface area contributed by atoms with Crippen LogP contribution in [0.1, 0.15) is 30.1 Å². The van der Waals surface area contributed by atoms with Gasteiger partial charge in [0.1, 0.15) is 12.4 Å². The number of ether oxygens (including phenoxy) is 3. The maximum Gasteiger partial charge on any atom is 0.228 e. The van der Waals surface area contributed by atoms with Crippen LogP contribution in [0.5, 0.6) is 5.75 Å². The van der Waals surface area contributed by atoms with E-state index in [0.29, 0.717) is 50.8 Å². The molecule has 1 aliphatic rings. The molecular weight excluding hydrogens is 322 g/mol. The average molecular weight is 343 g/mol. The van der Waals surface area contributed by atoms with Gasteiger partial charge >= 0.3 is 0 Å². The summed E-state index contributed by atoms with van der Waals surface area (Å²) in [6, 6.07) is 10.1. The molecule has 3 rings (SSSR count). The molecule has 0 spiro atoms. The van der Waals surface area contributed by atoms with Gasteiger partial charge in [0.15, 0.2) is 5.82 Å². The number of hydrogen-bond donors (Lipinski definition) is 0. The summed E-state index contributed by atoms with van der Waals surface area (Å²) >= 11 is 0. The van der Waals surface area contributed by atoms with E-state index >= 15 is 0 Å². The first kappa shape index (κ1) is 17.4. The van der Waals surface area contributed by atoms with Crippen molar-refractivity contribution in [2.24, 2.45) is 5.41 Å². The van der Waals surface area contributed by atoms with E-state index in [1.807, 2.05) is 24.3 Å². The summed E-state index contributed by atoms with van der Waals surface area (Å²) in [6.45, 7) is 1.88. The van der Waals surface area contributed by atoms with E-state index in [4.69, 9.17) is 18.7 Å². The summed E-state index contributed by atoms with van der Waals surface area (Å²) in [5.41, 5.74) is 0.539. The van der Waals surface area contributed by atoms with Crippen molar-refractivity contribution in [1.29, 1.82) is 5.26 Å². The van der Waals surface area contributed by atoms with Crippen LogP contribution < -0.4 is 4.74 Å². The molecule has 0 aliphatic carbocycles. The Balaban J connectivity index is 1.52. The SMILES string of the molecule is COc1cccc(COCc2noc(CC3(C#N)CCOCC3)n2)c1. The van der Waals surface area contributed by atoms with Gasteiger partial charge in [-0.1, -0.05) is 17.3 Å². The fourth-order valence-corrected chi connectivity index (χ4v) is 2.82. The predicted octanol–water partition coefficient (Wildman–Crippen LogP) is 2.66. The summed E-state index contributed by atoms with van der Waals surface area (Å²) in [5, 5.41) is 13.4. The van der Waals surface area contributed by atoms with Crippen LogP contribution in [0.3, 0.4) is 0 Å². The van der Waals surface area contributed by atoms with Gasteiger partial charge in [0.05, 0.1) is 25.2 Å². The molecule has 25 heavy (non-hydrogen) atoms. The predicted molar refractivity (Wildman–Crippen MR) is 87.6 cm³/mol. The maximum atomic E-state index is 9.49. The topological polar surface area (TPSA) is 90.4 Å². The third-order valence-corrected chi connectivity index (χ3v) is 4.32. The van der Waals surface area contributed by atoms with E-state index in [0.717, 1.165) is 11.3 Å². The minimum atomic E-state index is -0.469. The molecule has 0 unspecified atom stereocenters. The Morgan fingerprint density at radius 3 is 2.88 bits per heavy atom. The second-order valence-electron chi connectivity index (χ2n) is 6.13. The highest BCUT2D eigenvalue weighted by molar-refractivity contribution is 5.27. The first-order valence-corrected chi connectivity index (χ1v) is 8.24. The van der Waals surface area contributed by atoms with Crippen molar-refractivity contribution in [3.8, 4) is 11.8 Å². The molecule has 1 saturated heterocycles. The highest BCUT2D eigenvalue weighted by atomic mass is 16.5. The number of methoxy groups -OCH3 is 1. The zero-order chi connectivity index (χ0) is 17.5. The lowest BCUT2D eigenvalue weighted by atomic mass is 9.79. The smallest absolute Gasteiger partial charge is 0.228 e. The van der Waals surface area contributed by atoms with E-state index in [2.05, 4.69) is 16.2 Å². The summed E-state index contributed by atoms with van der Waals surface area (Å²) in [4.78, 5) is 4.34. The van der Waals surface area contributed by atoms with Crippen LogP contribution in [-0.4, -0.2) is 30.5 Å². The molecular formula is C18H21N3O4. The van der Waals surface area contributed by atoms with E-state index < -0.39 is 5.41 Å². The van der Waals surface area contributed by atoms with Crippen LogP contribution in [-0.2, 0) is 29.1 Å². The van der Waals surface area contributed by atoms with Crippen molar-refractivity contribution in [3.63, 3.8) is 0 Å². The van der Waals surface area contributed by atoms with Gasteiger partial charge in [0.25, 0.3) is 0 Å². The van der Waals surface area contributed by atoms with Gasteiger partial charge in [-0.3, -0.25) is 0 Å². The number of rotatable bonds is 7. The average Bonchev–Trinajstić information content (AvgIpc) is 3.09. The van der Waals surface area contributed by atoms with Gasteiger partial charge in [-0.05, 0) is 30.5 Å². The van der Waals surface area contributed by atoms with Crippen molar-refractivity contribution in [1.82, 2.24) is 10.1 Å². The van der Waals surface area contributed by atoms with Gasteiger partial charge in [-0.25, -0.2) is 0 Å². The third-order valence-electron chi connectivity index (χ3n) is 4.32. The lowest BCUT2D eigenvalue weighted by Gasteiger charge is -2.28.